The lowest BCUT2D eigenvalue weighted by atomic mass is 10.3. The van der Waals surface area contributed by atoms with Crippen LogP contribution in [0.15, 0.2) is 24.3 Å². The lowest BCUT2D eigenvalue weighted by Crippen LogP contribution is -1.98. The van der Waals surface area contributed by atoms with Crippen LogP contribution in [0, 0.1) is 24.0 Å². The number of nitrogens with zero attached hydrogens (tertiary/aromatic N) is 3. The van der Waals surface area contributed by atoms with Crippen LogP contribution in [0.25, 0.3) is 0 Å². The molecule has 0 unspecified atom stereocenters. The van der Waals surface area contributed by atoms with Crippen molar-refractivity contribution < 1.29 is 4.92 Å². The van der Waals surface area contributed by atoms with Crippen LogP contribution in [0.4, 0.5) is 23.0 Å². The smallest absolute Gasteiger partial charge is 0.311 e. The Labute approximate surface area is 115 Å². The second kappa shape index (κ2) is 6.32. The van der Waals surface area contributed by atoms with E-state index in [-0.39, 0.29) is 11.5 Å². The second-order valence-electron chi connectivity index (χ2n) is 4.04. The molecule has 2 rings (SSSR count). The summed E-state index contributed by atoms with van der Waals surface area (Å²) in [7, 11) is 0. The average molecular weight is 276 g/mol. The van der Waals surface area contributed by atoms with Gasteiger partial charge in [-0.05, 0) is 32.0 Å². The van der Waals surface area contributed by atoms with Gasteiger partial charge in [-0.1, -0.05) is 0 Å². The summed E-state index contributed by atoms with van der Waals surface area (Å²) < 4.78 is 0. The van der Waals surface area contributed by atoms with Gasteiger partial charge in [-0.3, -0.25) is 10.1 Å². The monoisotopic (exact) mass is 276 g/mol. The number of rotatable bonds is 1. The van der Waals surface area contributed by atoms with Gasteiger partial charge >= 0.3 is 5.69 Å². The minimum absolute atomic E-state index is 0.0324. The summed E-state index contributed by atoms with van der Waals surface area (Å²) in [4.78, 5) is 17.3. The Kier molecular flexibility index (Phi) is 4.79. The molecule has 0 aliphatic heterocycles. The van der Waals surface area contributed by atoms with Gasteiger partial charge < -0.3 is 17.2 Å². The summed E-state index contributed by atoms with van der Waals surface area (Å²) in [6, 6.07) is 6.47. The van der Waals surface area contributed by atoms with Crippen LogP contribution in [-0.4, -0.2) is 14.9 Å². The van der Waals surface area contributed by atoms with Gasteiger partial charge in [-0.2, -0.15) is 0 Å². The number of aryl methyl sites for hydroxylation is 2. The van der Waals surface area contributed by atoms with E-state index in [4.69, 9.17) is 17.2 Å². The summed E-state index contributed by atoms with van der Waals surface area (Å²) in [6.45, 7) is 3.59. The van der Waals surface area contributed by atoms with Crippen molar-refractivity contribution in [2.75, 3.05) is 17.2 Å². The molecule has 20 heavy (non-hydrogen) atoms. The highest BCUT2D eigenvalue weighted by Crippen LogP contribution is 2.17. The summed E-state index contributed by atoms with van der Waals surface area (Å²) in [5.74, 6) is 0.380. The van der Waals surface area contributed by atoms with E-state index in [2.05, 4.69) is 9.97 Å². The third-order valence-electron chi connectivity index (χ3n) is 2.34. The number of pyridine rings is 2. The highest BCUT2D eigenvalue weighted by atomic mass is 16.6. The first kappa shape index (κ1) is 15.2. The quantitative estimate of drug-likeness (QED) is 0.527. The van der Waals surface area contributed by atoms with Crippen molar-refractivity contribution in [3.8, 4) is 0 Å². The number of aromatic nitrogens is 2. The van der Waals surface area contributed by atoms with E-state index >= 15 is 0 Å². The Bertz CT molecular complexity index is 629. The molecule has 0 fully saturated rings. The topological polar surface area (TPSA) is 147 Å². The summed E-state index contributed by atoms with van der Waals surface area (Å²) >= 11 is 0. The second-order valence-corrected chi connectivity index (χ2v) is 4.04. The number of hydrogen-bond donors (Lipinski definition) is 3. The molecule has 0 radical (unpaired) electrons. The predicted octanol–water partition coefficient (Wildman–Crippen LogP) is 1.43. The molecule has 0 aliphatic rings. The van der Waals surface area contributed by atoms with Crippen LogP contribution in [-0.2, 0) is 0 Å². The van der Waals surface area contributed by atoms with E-state index in [0.717, 1.165) is 5.69 Å². The van der Waals surface area contributed by atoms with Crippen molar-refractivity contribution in [1.82, 2.24) is 9.97 Å². The van der Waals surface area contributed by atoms with Gasteiger partial charge in [0.2, 0.25) is 5.82 Å². The third-order valence-corrected chi connectivity index (χ3v) is 2.34. The number of hydrogen-bond acceptors (Lipinski definition) is 7. The zero-order valence-electron chi connectivity index (χ0n) is 11.2. The van der Waals surface area contributed by atoms with Gasteiger partial charge in [0.25, 0.3) is 0 Å². The highest BCUT2D eigenvalue weighted by Gasteiger charge is 2.10. The van der Waals surface area contributed by atoms with E-state index in [1.165, 1.54) is 6.07 Å². The maximum Gasteiger partial charge on any atom is 0.311 e. The van der Waals surface area contributed by atoms with E-state index in [9.17, 15) is 10.1 Å². The molecule has 0 aliphatic carbocycles. The largest absolute Gasteiger partial charge is 0.396 e. The van der Waals surface area contributed by atoms with Crippen LogP contribution in [0.1, 0.15) is 11.4 Å². The summed E-state index contributed by atoms with van der Waals surface area (Å²) in [5, 5.41) is 10.2. The molecule has 0 spiro atoms. The Morgan fingerprint density at radius 1 is 0.950 bits per heavy atom. The Morgan fingerprint density at radius 3 is 1.85 bits per heavy atom. The first-order valence-corrected chi connectivity index (χ1v) is 5.67. The van der Waals surface area contributed by atoms with E-state index in [1.807, 2.05) is 13.0 Å². The molecule has 0 atom stereocenters. The maximum atomic E-state index is 10.2. The summed E-state index contributed by atoms with van der Waals surface area (Å²) in [5.41, 5.74) is 18.0. The van der Waals surface area contributed by atoms with Crippen LogP contribution >= 0.6 is 0 Å². The lowest BCUT2D eigenvalue weighted by Gasteiger charge is -1.97. The maximum absolute atomic E-state index is 10.2. The van der Waals surface area contributed by atoms with Crippen LogP contribution in [0.3, 0.4) is 0 Å². The zero-order valence-corrected chi connectivity index (χ0v) is 11.2. The van der Waals surface area contributed by atoms with Crippen molar-refractivity contribution in [3.63, 3.8) is 0 Å². The van der Waals surface area contributed by atoms with Gasteiger partial charge in [0.1, 0.15) is 5.82 Å². The Morgan fingerprint density at radius 2 is 1.45 bits per heavy atom. The normalized spacial score (nSPS) is 9.50. The Hall–Kier alpha value is -2.90. The van der Waals surface area contributed by atoms with Gasteiger partial charge in [-0.25, -0.2) is 9.97 Å². The molecule has 2 heterocycles. The van der Waals surface area contributed by atoms with Crippen molar-refractivity contribution >= 4 is 23.0 Å². The molecule has 0 saturated heterocycles. The molecule has 0 amide bonds. The molecular formula is C12H16N6O2. The van der Waals surface area contributed by atoms with Crippen molar-refractivity contribution in [1.29, 1.82) is 0 Å². The molecule has 8 nitrogen and oxygen atoms in total. The fourth-order valence-corrected chi connectivity index (χ4v) is 1.31. The zero-order chi connectivity index (χ0) is 15.3. The number of nitrogen functional groups attached to an aromatic ring is 3. The molecule has 0 saturated carbocycles. The van der Waals surface area contributed by atoms with Gasteiger partial charge in [-0.15, -0.1) is 0 Å². The molecule has 0 bridgehead atoms. The van der Waals surface area contributed by atoms with E-state index in [1.54, 1.807) is 19.1 Å². The average Bonchev–Trinajstić information content (AvgIpc) is 2.34. The molecular weight excluding hydrogens is 260 g/mol. The molecule has 106 valence electrons. The van der Waals surface area contributed by atoms with Gasteiger partial charge in [0, 0.05) is 17.5 Å². The van der Waals surface area contributed by atoms with E-state index < -0.39 is 4.92 Å². The number of anilines is 3. The Balaban J connectivity index is 0.000000204. The third kappa shape index (κ3) is 4.09. The predicted molar refractivity (Wildman–Crippen MR) is 77.8 cm³/mol. The van der Waals surface area contributed by atoms with Crippen molar-refractivity contribution in [3.05, 3.63) is 45.8 Å². The molecule has 6 N–H and O–H groups in total. The molecule has 8 heteroatoms. The van der Waals surface area contributed by atoms with Crippen molar-refractivity contribution in [2.45, 2.75) is 13.8 Å². The van der Waals surface area contributed by atoms with Gasteiger partial charge in [0.05, 0.1) is 10.6 Å². The molecule has 2 aromatic heterocycles. The van der Waals surface area contributed by atoms with Crippen molar-refractivity contribution in [2.24, 2.45) is 0 Å². The lowest BCUT2D eigenvalue weighted by molar-refractivity contribution is -0.384. The van der Waals surface area contributed by atoms with Crippen LogP contribution in [0.5, 0.6) is 0 Å². The summed E-state index contributed by atoms with van der Waals surface area (Å²) in [6.07, 6.45) is 0. The van der Waals surface area contributed by atoms with Crippen LogP contribution < -0.4 is 17.2 Å². The van der Waals surface area contributed by atoms with E-state index in [0.29, 0.717) is 17.2 Å². The van der Waals surface area contributed by atoms with Gasteiger partial charge in [0.15, 0.2) is 0 Å². The minimum atomic E-state index is -0.554. The number of nitrogens with two attached hydrogens (primary N) is 3. The molecule has 2 aromatic rings. The first-order chi connectivity index (χ1) is 9.31. The molecule has 0 aromatic carbocycles. The fraction of sp³-hybridized carbons (Fsp3) is 0.167. The minimum Gasteiger partial charge on any atom is -0.396 e. The standard InChI is InChI=1S/C6H7N3O2.C6H9N3/c1-4-2-3-5(9(10)11)6(7)8-4;1-4-2-3-5(7)6(8)9-4/h2-3H,1H3,(H2,7,8);2-3H,7H2,1H3,(H2,8,9). The highest BCUT2D eigenvalue weighted by molar-refractivity contribution is 5.57. The SMILES string of the molecule is Cc1ccc(N)c(N)n1.Cc1ccc([N+](=O)[O-])c(N)n1. The van der Waals surface area contributed by atoms with Crippen LogP contribution in [0.2, 0.25) is 0 Å². The number of nitro groups is 1. The first-order valence-electron chi connectivity index (χ1n) is 5.67. The fourth-order valence-electron chi connectivity index (χ4n) is 1.31.